The molecule has 0 bridgehead atoms. The van der Waals surface area contributed by atoms with Crippen LogP contribution in [0.1, 0.15) is 27.6 Å². The van der Waals surface area contributed by atoms with E-state index in [0.29, 0.717) is 11.6 Å². The minimum Gasteiger partial charge on any atom is -0.354 e. The van der Waals surface area contributed by atoms with Gasteiger partial charge < -0.3 is 10.3 Å². The Hall–Kier alpha value is -2.51. The van der Waals surface area contributed by atoms with Crippen LogP contribution in [0.5, 0.6) is 0 Å². The van der Waals surface area contributed by atoms with Crippen molar-refractivity contribution in [3.8, 4) is 0 Å². The number of pyridine rings is 1. The maximum absolute atomic E-state index is 12.4. The predicted molar refractivity (Wildman–Crippen MR) is 74.5 cm³/mol. The van der Waals surface area contributed by atoms with E-state index in [1.807, 2.05) is 0 Å². The number of aromatic amines is 1. The monoisotopic (exact) mass is 306 g/mol. The van der Waals surface area contributed by atoms with E-state index in [9.17, 15) is 22.8 Å². The Morgan fingerprint density at radius 2 is 1.77 bits per heavy atom. The summed E-state index contributed by atoms with van der Waals surface area (Å²) < 4.78 is 37.3. The van der Waals surface area contributed by atoms with Crippen molar-refractivity contribution >= 4 is 13.8 Å². The Morgan fingerprint density at radius 1 is 1.14 bits per heavy atom. The van der Waals surface area contributed by atoms with E-state index in [1.165, 1.54) is 0 Å². The molecule has 2 aromatic rings. The number of hydrogen-bond acceptors (Lipinski definition) is 2. The molecule has 1 amide bonds. The number of carbonyl (C=O) groups excluding carboxylic acids is 1. The largest absolute Gasteiger partial charge is 0.431 e. The van der Waals surface area contributed by atoms with Gasteiger partial charge in [0.2, 0.25) is 0 Å². The van der Waals surface area contributed by atoms with Gasteiger partial charge in [0, 0.05) is 5.94 Å². The van der Waals surface area contributed by atoms with Crippen LogP contribution in [0.3, 0.4) is 0 Å². The first kappa shape index (κ1) is 15.9. The molecule has 4 nitrogen and oxygen atoms in total. The van der Waals surface area contributed by atoms with Gasteiger partial charge in [0.1, 0.15) is 19.1 Å². The van der Waals surface area contributed by atoms with Gasteiger partial charge in [0.25, 0.3) is 11.5 Å². The first-order chi connectivity index (χ1) is 10.3. The number of halogens is 3. The fourth-order valence-electron chi connectivity index (χ4n) is 1.78. The third-order valence-corrected chi connectivity index (χ3v) is 2.90. The molecule has 0 fully saturated rings. The summed E-state index contributed by atoms with van der Waals surface area (Å²) in [5, 5.41) is 2.35. The number of H-pyrrole nitrogens is 1. The van der Waals surface area contributed by atoms with E-state index in [4.69, 9.17) is 7.85 Å². The number of rotatable bonds is 3. The normalized spacial score (nSPS) is 12.7. The van der Waals surface area contributed by atoms with Crippen LogP contribution in [-0.2, 0) is 6.18 Å². The van der Waals surface area contributed by atoms with Gasteiger partial charge >= 0.3 is 6.18 Å². The highest BCUT2D eigenvalue weighted by Crippen LogP contribution is 2.26. The molecule has 0 aliphatic heterocycles. The second-order valence-corrected chi connectivity index (χ2v) is 4.47. The van der Waals surface area contributed by atoms with Crippen LogP contribution >= 0.6 is 0 Å². The zero-order valence-corrected chi connectivity index (χ0v) is 11.1. The molecule has 2 rings (SSSR count). The molecule has 0 saturated carbocycles. The molecule has 0 saturated heterocycles. The summed E-state index contributed by atoms with van der Waals surface area (Å²) in [7, 11) is 5.76. The van der Waals surface area contributed by atoms with Gasteiger partial charge in [-0.05, 0) is 17.7 Å². The summed E-state index contributed by atoms with van der Waals surface area (Å²) >= 11 is 0. The summed E-state index contributed by atoms with van der Waals surface area (Å²) in [6, 6.07) is 9.97. The van der Waals surface area contributed by atoms with E-state index in [-0.39, 0.29) is 0 Å². The SMILES string of the molecule is [B]C(NC(=O)c1ccc(C(F)(F)F)[nH]c1=O)c1ccccc1. The average molecular weight is 306 g/mol. The van der Waals surface area contributed by atoms with Gasteiger partial charge in [-0.2, -0.15) is 13.2 Å². The van der Waals surface area contributed by atoms with Crippen LogP contribution in [0, 0.1) is 0 Å². The standard InChI is InChI=1S/C14H10BF3N2O2/c15-11(8-4-2-1-3-5-8)20-13(22)9-6-7-10(14(16,17)18)19-12(9)21/h1-7,11H,(H,19,21)(H,20,22). The van der Waals surface area contributed by atoms with Crippen LogP contribution < -0.4 is 10.9 Å². The van der Waals surface area contributed by atoms with Crippen molar-refractivity contribution in [3.63, 3.8) is 0 Å². The second kappa shape index (κ2) is 6.09. The molecule has 2 radical (unpaired) electrons. The zero-order chi connectivity index (χ0) is 16.3. The lowest BCUT2D eigenvalue weighted by Crippen LogP contribution is -2.33. The fourth-order valence-corrected chi connectivity index (χ4v) is 1.78. The molecule has 22 heavy (non-hydrogen) atoms. The Bertz CT molecular complexity index is 729. The molecular formula is C14H10BF3N2O2. The van der Waals surface area contributed by atoms with E-state index in [1.54, 1.807) is 35.3 Å². The lowest BCUT2D eigenvalue weighted by Gasteiger charge is -2.14. The zero-order valence-electron chi connectivity index (χ0n) is 11.1. The first-order valence-electron chi connectivity index (χ1n) is 6.21. The van der Waals surface area contributed by atoms with Crippen LogP contribution in [0.2, 0.25) is 0 Å². The minimum atomic E-state index is -4.69. The van der Waals surface area contributed by atoms with E-state index >= 15 is 0 Å². The third kappa shape index (κ3) is 3.57. The van der Waals surface area contributed by atoms with Crippen LogP contribution in [0.15, 0.2) is 47.3 Å². The number of aromatic nitrogens is 1. The molecule has 8 heteroatoms. The summed E-state index contributed by atoms with van der Waals surface area (Å²) in [5.74, 6) is -1.73. The summed E-state index contributed by atoms with van der Waals surface area (Å²) in [5.41, 5.74) is -2.20. The Morgan fingerprint density at radius 3 is 2.32 bits per heavy atom. The molecule has 1 unspecified atom stereocenters. The van der Waals surface area contributed by atoms with Gasteiger partial charge in [0.15, 0.2) is 0 Å². The molecule has 0 aliphatic rings. The van der Waals surface area contributed by atoms with Crippen LogP contribution in [0.4, 0.5) is 13.2 Å². The van der Waals surface area contributed by atoms with Crippen molar-refractivity contribution in [3.05, 3.63) is 69.6 Å². The second-order valence-electron chi connectivity index (χ2n) is 4.47. The smallest absolute Gasteiger partial charge is 0.354 e. The van der Waals surface area contributed by atoms with Crippen molar-refractivity contribution in [2.45, 2.75) is 12.1 Å². The maximum atomic E-state index is 12.4. The minimum absolute atomic E-state index is 0.445. The fraction of sp³-hybridized carbons (Fsp3) is 0.143. The highest BCUT2D eigenvalue weighted by Gasteiger charge is 2.32. The summed E-state index contributed by atoms with van der Waals surface area (Å²) in [6.07, 6.45) is -4.69. The number of amides is 1. The van der Waals surface area contributed by atoms with Gasteiger partial charge in [0.05, 0.1) is 0 Å². The van der Waals surface area contributed by atoms with E-state index in [2.05, 4.69) is 5.32 Å². The van der Waals surface area contributed by atoms with Crippen LogP contribution in [-0.4, -0.2) is 18.7 Å². The lowest BCUT2D eigenvalue weighted by molar-refractivity contribution is -0.141. The van der Waals surface area contributed by atoms with Gasteiger partial charge in [-0.15, -0.1) is 0 Å². The van der Waals surface area contributed by atoms with Crippen molar-refractivity contribution in [1.29, 1.82) is 0 Å². The predicted octanol–water partition coefficient (Wildman–Crippen LogP) is 1.99. The lowest BCUT2D eigenvalue weighted by atomic mass is 9.89. The first-order valence-corrected chi connectivity index (χ1v) is 6.21. The third-order valence-electron chi connectivity index (χ3n) is 2.90. The molecule has 1 heterocycles. The van der Waals surface area contributed by atoms with Crippen molar-refractivity contribution in [1.82, 2.24) is 10.3 Å². The average Bonchev–Trinajstić information content (AvgIpc) is 2.46. The maximum Gasteiger partial charge on any atom is 0.431 e. The van der Waals surface area contributed by atoms with Gasteiger partial charge in [-0.3, -0.25) is 9.59 Å². The van der Waals surface area contributed by atoms with E-state index < -0.39 is 34.8 Å². The molecule has 1 atom stereocenters. The van der Waals surface area contributed by atoms with Gasteiger partial charge in [-0.1, -0.05) is 30.3 Å². The quantitative estimate of drug-likeness (QED) is 0.852. The molecule has 1 aromatic heterocycles. The topological polar surface area (TPSA) is 62.0 Å². The molecule has 112 valence electrons. The molecular weight excluding hydrogens is 296 g/mol. The van der Waals surface area contributed by atoms with Crippen molar-refractivity contribution in [2.75, 3.05) is 0 Å². The van der Waals surface area contributed by atoms with Gasteiger partial charge in [-0.25, -0.2) is 0 Å². The number of hydrogen-bond donors (Lipinski definition) is 2. The van der Waals surface area contributed by atoms with Crippen molar-refractivity contribution in [2.24, 2.45) is 0 Å². The molecule has 1 aromatic carbocycles. The number of nitrogens with one attached hydrogen (secondary N) is 2. The molecule has 0 spiro atoms. The van der Waals surface area contributed by atoms with E-state index in [0.717, 1.165) is 6.07 Å². The summed E-state index contributed by atoms with van der Waals surface area (Å²) in [6.45, 7) is 0. The highest BCUT2D eigenvalue weighted by molar-refractivity contribution is 6.14. The Kier molecular flexibility index (Phi) is 4.39. The van der Waals surface area contributed by atoms with Crippen LogP contribution in [0.25, 0.3) is 0 Å². The summed E-state index contributed by atoms with van der Waals surface area (Å²) in [4.78, 5) is 25.1. The molecule has 2 N–H and O–H groups in total. The number of alkyl halides is 3. The molecule has 0 aliphatic carbocycles. The Labute approximate surface area is 124 Å². The Balaban J connectivity index is 2.19. The number of carbonyl (C=O) groups is 1. The van der Waals surface area contributed by atoms with Crippen molar-refractivity contribution < 1.29 is 18.0 Å². The number of benzene rings is 1. The highest BCUT2D eigenvalue weighted by atomic mass is 19.4.